The van der Waals surface area contributed by atoms with E-state index in [0.29, 0.717) is 22.9 Å². The summed E-state index contributed by atoms with van der Waals surface area (Å²) in [4.78, 5) is 24.4. The van der Waals surface area contributed by atoms with Crippen LogP contribution in [0, 0.1) is 6.92 Å². The van der Waals surface area contributed by atoms with Gasteiger partial charge in [-0.05, 0) is 42.8 Å². The van der Waals surface area contributed by atoms with E-state index in [-0.39, 0.29) is 5.56 Å². The second kappa shape index (κ2) is 9.06. The van der Waals surface area contributed by atoms with Gasteiger partial charge in [0.05, 0.1) is 10.6 Å². The van der Waals surface area contributed by atoms with Gasteiger partial charge in [0.15, 0.2) is 0 Å². The Morgan fingerprint density at radius 2 is 1.64 bits per heavy atom. The summed E-state index contributed by atoms with van der Waals surface area (Å²) < 4.78 is 5.76. The Bertz CT molecular complexity index is 1000. The first-order valence-corrected chi connectivity index (χ1v) is 9.04. The van der Waals surface area contributed by atoms with Crippen molar-refractivity contribution in [1.82, 2.24) is 10.9 Å². The summed E-state index contributed by atoms with van der Waals surface area (Å²) in [6.07, 6.45) is 0. The third-order valence-electron chi connectivity index (χ3n) is 3.99. The van der Waals surface area contributed by atoms with Crippen molar-refractivity contribution in [3.63, 3.8) is 0 Å². The maximum Gasteiger partial charge on any atom is 0.271 e. The van der Waals surface area contributed by atoms with Crippen LogP contribution in [0.2, 0.25) is 5.02 Å². The van der Waals surface area contributed by atoms with Crippen LogP contribution in [0.3, 0.4) is 0 Å². The highest BCUT2D eigenvalue weighted by atomic mass is 35.5. The molecule has 0 spiro atoms. The molecule has 28 heavy (non-hydrogen) atoms. The third-order valence-corrected chi connectivity index (χ3v) is 4.32. The summed E-state index contributed by atoms with van der Waals surface area (Å²) in [6, 6.07) is 21.3. The van der Waals surface area contributed by atoms with Gasteiger partial charge in [0.1, 0.15) is 12.4 Å². The van der Waals surface area contributed by atoms with Crippen molar-refractivity contribution in [2.24, 2.45) is 0 Å². The van der Waals surface area contributed by atoms with Crippen molar-refractivity contribution in [2.45, 2.75) is 13.5 Å². The molecule has 0 bridgehead atoms. The molecule has 0 saturated heterocycles. The molecule has 2 amide bonds. The third kappa shape index (κ3) is 5.11. The Morgan fingerprint density at radius 1 is 0.893 bits per heavy atom. The van der Waals surface area contributed by atoms with Crippen molar-refractivity contribution in [3.8, 4) is 5.75 Å². The van der Waals surface area contributed by atoms with Gasteiger partial charge >= 0.3 is 0 Å². The number of carbonyl (C=O) groups excluding carboxylic acids is 2. The average Bonchev–Trinajstić information content (AvgIpc) is 2.71. The standard InChI is InChI=1S/C22H19ClN2O3/c1-15-6-4-7-16(12-15)14-28-18-9-5-8-17(13-18)21(26)24-25-22(27)19-10-2-3-11-20(19)23/h2-13H,14H2,1H3,(H,24,26)(H,25,27). The number of amides is 2. The highest BCUT2D eigenvalue weighted by Gasteiger charge is 2.12. The predicted octanol–water partition coefficient (Wildman–Crippen LogP) is 4.30. The van der Waals surface area contributed by atoms with Gasteiger partial charge in [0, 0.05) is 5.56 Å². The molecule has 0 unspecified atom stereocenters. The molecule has 0 atom stereocenters. The summed E-state index contributed by atoms with van der Waals surface area (Å²) in [7, 11) is 0. The molecule has 0 fully saturated rings. The fourth-order valence-electron chi connectivity index (χ4n) is 2.59. The lowest BCUT2D eigenvalue weighted by molar-refractivity contribution is 0.0846. The first kappa shape index (κ1) is 19.5. The van der Waals surface area contributed by atoms with Crippen LogP contribution in [0.1, 0.15) is 31.8 Å². The van der Waals surface area contributed by atoms with Gasteiger partial charge in [-0.15, -0.1) is 0 Å². The first-order chi connectivity index (χ1) is 13.5. The monoisotopic (exact) mass is 394 g/mol. The molecule has 0 aliphatic rings. The minimum Gasteiger partial charge on any atom is -0.489 e. The molecule has 0 heterocycles. The Balaban J connectivity index is 1.59. The number of halogens is 1. The molecular weight excluding hydrogens is 376 g/mol. The van der Waals surface area contributed by atoms with Gasteiger partial charge in [-0.25, -0.2) is 0 Å². The van der Waals surface area contributed by atoms with Gasteiger partial charge in [-0.3, -0.25) is 20.4 Å². The van der Waals surface area contributed by atoms with Gasteiger partial charge in [0.25, 0.3) is 11.8 Å². The van der Waals surface area contributed by atoms with E-state index >= 15 is 0 Å². The number of ether oxygens (including phenoxy) is 1. The molecule has 6 heteroatoms. The lowest BCUT2D eigenvalue weighted by Crippen LogP contribution is -2.41. The maximum atomic E-state index is 12.3. The number of hydrogen-bond donors (Lipinski definition) is 2. The second-order valence-electron chi connectivity index (χ2n) is 6.19. The SMILES string of the molecule is Cc1cccc(COc2cccc(C(=O)NNC(=O)c3ccccc3Cl)c2)c1. The summed E-state index contributed by atoms with van der Waals surface area (Å²) in [5.41, 5.74) is 7.58. The van der Waals surface area contributed by atoms with E-state index in [9.17, 15) is 9.59 Å². The number of nitrogens with one attached hydrogen (secondary N) is 2. The largest absolute Gasteiger partial charge is 0.489 e. The molecule has 0 aliphatic heterocycles. The minimum absolute atomic E-state index is 0.278. The van der Waals surface area contributed by atoms with Gasteiger partial charge < -0.3 is 4.74 Å². The molecule has 0 saturated carbocycles. The summed E-state index contributed by atoms with van der Waals surface area (Å²) in [6.45, 7) is 2.42. The van der Waals surface area contributed by atoms with Crippen LogP contribution in [-0.4, -0.2) is 11.8 Å². The Morgan fingerprint density at radius 3 is 2.43 bits per heavy atom. The lowest BCUT2D eigenvalue weighted by Gasteiger charge is -2.10. The Labute approximate surface area is 168 Å². The van der Waals surface area contributed by atoms with E-state index in [1.165, 1.54) is 0 Å². The minimum atomic E-state index is -0.495. The second-order valence-corrected chi connectivity index (χ2v) is 6.60. The fourth-order valence-corrected chi connectivity index (χ4v) is 2.82. The topological polar surface area (TPSA) is 67.4 Å². The number of hydrogen-bond acceptors (Lipinski definition) is 3. The molecule has 3 rings (SSSR count). The highest BCUT2D eigenvalue weighted by Crippen LogP contribution is 2.16. The van der Waals surface area contributed by atoms with Crippen LogP contribution in [-0.2, 0) is 6.61 Å². The molecule has 0 radical (unpaired) electrons. The number of aryl methyl sites for hydroxylation is 1. The van der Waals surface area contributed by atoms with E-state index in [0.717, 1.165) is 11.1 Å². The van der Waals surface area contributed by atoms with E-state index < -0.39 is 11.8 Å². The predicted molar refractivity (Wildman–Crippen MR) is 108 cm³/mol. The van der Waals surface area contributed by atoms with E-state index in [1.54, 1.807) is 48.5 Å². The Kier molecular flexibility index (Phi) is 6.29. The lowest BCUT2D eigenvalue weighted by atomic mass is 10.1. The molecule has 5 nitrogen and oxygen atoms in total. The number of benzene rings is 3. The Hall–Kier alpha value is -3.31. The molecule has 3 aromatic carbocycles. The zero-order chi connectivity index (χ0) is 19.9. The van der Waals surface area contributed by atoms with Crippen LogP contribution in [0.5, 0.6) is 5.75 Å². The van der Waals surface area contributed by atoms with Gasteiger partial charge in [-0.1, -0.05) is 59.6 Å². The van der Waals surface area contributed by atoms with Crippen molar-refractivity contribution >= 4 is 23.4 Å². The van der Waals surface area contributed by atoms with Crippen LogP contribution in [0.4, 0.5) is 0 Å². The number of rotatable bonds is 5. The molecule has 2 N–H and O–H groups in total. The van der Waals surface area contributed by atoms with Crippen LogP contribution < -0.4 is 15.6 Å². The average molecular weight is 395 g/mol. The molecular formula is C22H19ClN2O3. The number of hydrazine groups is 1. The zero-order valence-corrected chi connectivity index (χ0v) is 16.0. The molecule has 0 aliphatic carbocycles. The van der Waals surface area contributed by atoms with E-state index in [2.05, 4.69) is 10.9 Å². The van der Waals surface area contributed by atoms with Crippen LogP contribution in [0.15, 0.2) is 72.8 Å². The van der Waals surface area contributed by atoms with Crippen molar-refractivity contribution in [3.05, 3.63) is 100 Å². The normalized spacial score (nSPS) is 10.2. The van der Waals surface area contributed by atoms with E-state index in [1.807, 2.05) is 31.2 Å². The van der Waals surface area contributed by atoms with Gasteiger partial charge in [0.2, 0.25) is 0 Å². The molecule has 3 aromatic rings. The van der Waals surface area contributed by atoms with Crippen molar-refractivity contribution in [2.75, 3.05) is 0 Å². The number of carbonyl (C=O) groups is 2. The van der Waals surface area contributed by atoms with Crippen LogP contribution in [0.25, 0.3) is 0 Å². The quantitative estimate of drug-likeness (QED) is 0.634. The highest BCUT2D eigenvalue weighted by molar-refractivity contribution is 6.33. The fraction of sp³-hybridized carbons (Fsp3) is 0.0909. The van der Waals surface area contributed by atoms with Gasteiger partial charge in [-0.2, -0.15) is 0 Å². The maximum absolute atomic E-state index is 12.3. The molecule has 142 valence electrons. The van der Waals surface area contributed by atoms with Crippen molar-refractivity contribution in [1.29, 1.82) is 0 Å². The smallest absolute Gasteiger partial charge is 0.271 e. The van der Waals surface area contributed by atoms with E-state index in [4.69, 9.17) is 16.3 Å². The first-order valence-electron chi connectivity index (χ1n) is 8.66. The van der Waals surface area contributed by atoms with Crippen LogP contribution >= 0.6 is 11.6 Å². The zero-order valence-electron chi connectivity index (χ0n) is 15.2. The summed E-state index contributed by atoms with van der Waals surface area (Å²) in [5.74, 6) is -0.390. The summed E-state index contributed by atoms with van der Waals surface area (Å²) >= 11 is 5.98. The molecule has 0 aromatic heterocycles. The summed E-state index contributed by atoms with van der Waals surface area (Å²) in [5, 5.41) is 0.306. The van der Waals surface area contributed by atoms with Crippen molar-refractivity contribution < 1.29 is 14.3 Å².